The van der Waals surface area contributed by atoms with Crippen LogP contribution in [0.25, 0.3) is 0 Å². The van der Waals surface area contributed by atoms with Gasteiger partial charge < -0.3 is 9.15 Å². The largest absolute Gasteiger partial charge is 0.495 e. The van der Waals surface area contributed by atoms with Gasteiger partial charge in [-0.05, 0) is 30.3 Å². The second-order valence-corrected chi connectivity index (χ2v) is 9.23. The first-order chi connectivity index (χ1) is 12.5. The Morgan fingerprint density at radius 1 is 1.35 bits per heavy atom. The molecule has 1 N–H and O–H groups in total. The summed E-state index contributed by atoms with van der Waals surface area (Å²) >= 11 is 7.96. The molecule has 0 unspecified atom stereocenters. The van der Waals surface area contributed by atoms with Crippen molar-refractivity contribution in [1.82, 2.24) is 9.62 Å². The zero-order chi connectivity index (χ0) is 18.6. The molecule has 1 aliphatic heterocycles. The number of thioether (sulfide) groups is 1. The van der Waals surface area contributed by atoms with Crippen LogP contribution in [0.2, 0.25) is 5.02 Å². The van der Waals surface area contributed by atoms with Crippen LogP contribution in [0.1, 0.15) is 11.8 Å². The number of halogens is 1. The lowest BCUT2D eigenvalue weighted by atomic mass is 10.2. The van der Waals surface area contributed by atoms with Gasteiger partial charge in [0.1, 0.15) is 11.5 Å². The number of nitrogens with one attached hydrogen (secondary N) is 1. The van der Waals surface area contributed by atoms with Crippen molar-refractivity contribution >= 4 is 33.4 Å². The molecule has 0 saturated carbocycles. The van der Waals surface area contributed by atoms with Crippen molar-refractivity contribution in [3.63, 3.8) is 0 Å². The summed E-state index contributed by atoms with van der Waals surface area (Å²) in [7, 11) is -2.21. The Morgan fingerprint density at radius 2 is 2.12 bits per heavy atom. The van der Waals surface area contributed by atoms with E-state index in [0.717, 1.165) is 30.4 Å². The molecule has 1 aliphatic rings. The number of furan rings is 1. The fourth-order valence-electron chi connectivity index (χ4n) is 2.87. The van der Waals surface area contributed by atoms with Crippen molar-refractivity contribution in [2.24, 2.45) is 0 Å². The molecule has 1 aromatic heterocycles. The molecule has 0 bridgehead atoms. The lowest BCUT2D eigenvalue weighted by Crippen LogP contribution is -2.41. The molecule has 142 valence electrons. The van der Waals surface area contributed by atoms with Crippen molar-refractivity contribution in [2.75, 3.05) is 38.2 Å². The first kappa shape index (κ1) is 19.6. The molecule has 1 atom stereocenters. The van der Waals surface area contributed by atoms with Crippen molar-refractivity contribution < 1.29 is 17.6 Å². The summed E-state index contributed by atoms with van der Waals surface area (Å²) in [6, 6.07) is 7.97. The maximum atomic E-state index is 12.7. The van der Waals surface area contributed by atoms with Crippen LogP contribution >= 0.6 is 23.4 Å². The second-order valence-electron chi connectivity index (χ2n) is 5.83. The SMILES string of the molecule is COc1ccc(S(=O)(=O)NC[C@@H](c2ccco2)N2CCSCC2)cc1Cl. The molecule has 3 rings (SSSR count). The molecule has 0 radical (unpaired) electrons. The van der Waals surface area contributed by atoms with Gasteiger partial charge in [-0.25, -0.2) is 13.1 Å². The van der Waals surface area contributed by atoms with Crippen LogP contribution in [0, 0.1) is 0 Å². The van der Waals surface area contributed by atoms with Crippen molar-refractivity contribution in [3.8, 4) is 5.75 Å². The maximum Gasteiger partial charge on any atom is 0.240 e. The molecule has 1 fully saturated rings. The molecule has 1 saturated heterocycles. The van der Waals surface area contributed by atoms with Gasteiger partial charge in [-0.2, -0.15) is 11.8 Å². The molecule has 1 aromatic carbocycles. The van der Waals surface area contributed by atoms with Gasteiger partial charge in [0.25, 0.3) is 0 Å². The lowest BCUT2D eigenvalue weighted by Gasteiger charge is -2.33. The molecular weight excluding hydrogens is 396 g/mol. The van der Waals surface area contributed by atoms with Crippen LogP contribution in [0.5, 0.6) is 5.75 Å². The van der Waals surface area contributed by atoms with Crippen LogP contribution in [0.15, 0.2) is 45.9 Å². The van der Waals surface area contributed by atoms with E-state index in [2.05, 4.69) is 9.62 Å². The molecule has 2 aromatic rings. The zero-order valence-electron chi connectivity index (χ0n) is 14.4. The Kier molecular flexibility index (Phi) is 6.52. The van der Waals surface area contributed by atoms with Gasteiger partial charge in [0.05, 0.1) is 29.3 Å². The minimum absolute atomic E-state index is 0.107. The van der Waals surface area contributed by atoms with E-state index in [9.17, 15) is 8.42 Å². The van der Waals surface area contributed by atoms with E-state index < -0.39 is 10.0 Å². The topological polar surface area (TPSA) is 71.8 Å². The molecule has 0 amide bonds. The first-order valence-corrected chi connectivity index (χ1v) is 11.2. The Bertz CT molecular complexity index is 821. The summed E-state index contributed by atoms with van der Waals surface area (Å²) in [6.45, 7) is 2.02. The monoisotopic (exact) mass is 416 g/mol. The highest BCUT2D eigenvalue weighted by molar-refractivity contribution is 7.99. The zero-order valence-corrected chi connectivity index (χ0v) is 16.7. The third-order valence-electron chi connectivity index (χ3n) is 4.26. The van der Waals surface area contributed by atoms with Crippen molar-refractivity contribution in [2.45, 2.75) is 10.9 Å². The number of hydrogen-bond donors (Lipinski definition) is 1. The smallest absolute Gasteiger partial charge is 0.240 e. The average molecular weight is 417 g/mol. The van der Waals surface area contributed by atoms with E-state index in [1.165, 1.54) is 19.2 Å². The third-order valence-corrected chi connectivity index (χ3v) is 6.92. The Labute approximate surface area is 162 Å². The molecular formula is C17H21ClN2O4S2. The molecule has 0 aliphatic carbocycles. The number of rotatable bonds is 7. The van der Waals surface area contributed by atoms with Gasteiger partial charge in [-0.15, -0.1) is 0 Å². The average Bonchev–Trinajstić information content (AvgIpc) is 3.17. The van der Waals surface area contributed by atoms with Crippen molar-refractivity contribution in [3.05, 3.63) is 47.4 Å². The predicted molar refractivity (Wildman–Crippen MR) is 104 cm³/mol. The molecule has 6 nitrogen and oxygen atoms in total. The van der Waals surface area contributed by atoms with Crippen molar-refractivity contribution in [1.29, 1.82) is 0 Å². The minimum atomic E-state index is -3.70. The molecule has 26 heavy (non-hydrogen) atoms. The van der Waals surface area contributed by atoms with Crippen LogP contribution in [-0.4, -0.2) is 51.6 Å². The summed E-state index contributed by atoms with van der Waals surface area (Å²) in [5.74, 6) is 3.24. The van der Waals surface area contributed by atoms with Crippen LogP contribution in [0.4, 0.5) is 0 Å². The summed E-state index contributed by atoms with van der Waals surface area (Å²) in [5.41, 5.74) is 0. The standard InChI is InChI=1S/C17H21ClN2O4S2/c1-23-16-5-4-13(11-14(16)18)26(21,22)19-12-15(17-3-2-8-24-17)20-6-9-25-10-7-20/h2-5,8,11,15,19H,6-7,9-10,12H2,1H3/t15-/m0/s1. The number of nitrogens with zero attached hydrogens (tertiary/aromatic N) is 1. The fraction of sp³-hybridized carbons (Fsp3) is 0.412. The molecule has 9 heteroatoms. The number of methoxy groups -OCH3 is 1. The molecule has 0 spiro atoms. The number of ether oxygens (including phenoxy) is 1. The highest BCUT2D eigenvalue weighted by Gasteiger charge is 2.27. The van der Waals surface area contributed by atoms with Gasteiger partial charge in [0.15, 0.2) is 0 Å². The Balaban J connectivity index is 1.76. The Morgan fingerprint density at radius 3 is 2.73 bits per heavy atom. The molecule has 2 heterocycles. The highest BCUT2D eigenvalue weighted by atomic mass is 35.5. The quantitative estimate of drug-likeness (QED) is 0.748. The normalized spacial score (nSPS) is 17.2. The van der Waals surface area contributed by atoms with Gasteiger partial charge in [-0.1, -0.05) is 11.6 Å². The summed E-state index contributed by atoms with van der Waals surface area (Å²) in [5, 5.41) is 0.256. The van der Waals surface area contributed by atoms with Gasteiger partial charge in [0.2, 0.25) is 10.0 Å². The Hall–Kier alpha value is -1.19. The maximum absolute atomic E-state index is 12.7. The summed E-state index contributed by atoms with van der Waals surface area (Å²) in [4.78, 5) is 2.36. The highest BCUT2D eigenvalue weighted by Crippen LogP contribution is 2.28. The first-order valence-electron chi connectivity index (χ1n) is 8.19. The fourth-order valence-corrected chi connectivity index (χ4v) is 5.18. The lowest BCUT2D eigenvalue weighted by molar-refractivity contribution is 0.193. The van der Waals surface area contributed by atoms with E-state index in [1.54, 1.807) is 12.3 Å². The van der Waals surface area contributed by atoms with Crippen LogP contribution in [-0.2, 0) is 10.0 Å². The number of benzene rings is 1. The summed E-state index contributed by atoms with van der Waals surface area (Å²) < 4.78 is 38.7. The third kappa shape index (κ3) is 4.55. The van der Waals surface area contributed by atoms with E-state index in [1.807, 2.05) is 23.9 Å². The van der Waals surface area contributed by atoms with Gasteiger partial charge in [0, 0.05) is 31.1 Å². The predicted octanol–water partition coefficient (Wildman–Crippen LogP) is 3.01. The van der Waals surface area contributed by atoms with E-state index in [0.29, 0.717) is 5.75 Å². The second kappa shape index (κ2) is 8.67. The van der Waals surface area contributed by atoms with E-state index in [4.69, 9.17) is 20.8 Å². The number of hydrogen-bond acceptors (Lipinski definition) is 6. The van der Waals surface area contributed by atoms with Gasteiger partial charge in [-0.3, -0.25) is 4.90 Å². The van der Waals surface area contributed by atoms with E-state index >= 15 is 0 Å². The number of sulfonamides is 1. The minimum Gasteiger partial charge on any atom is -0.495 e. The van der Waals surface area contributed by atoms with E-state index in [-0.39, 0.29) is 22.5 Å². The summed E-state index contributed by atoms with van der Waals surface area (Å²) in [6.07, 6.45) is 1.61. The van der Waals surface area contributed by atoms with Crippen LogP contribution in [0.3, 0.4) is 0 Å². The van der Waals surface area contributed by atoms with Gasteiger partial charge >= 0.3 is 0 Å². The van der Waals surface area contributed by atoms with Crippen LogP contribution < -0.4 is 9.46 Å².